The van der Waals surface area contributed by atoms with Gasteiger partial charge in [0.1, 0.15) is 16.9 Å². The number of amides is 1. The average Bonchev–Trinajstić information content (AvgIpc) is 3.00. The highest BCUT2D eigenvalue weighted by atomic mass is 79.9. The fourth-order valence-corrected chi connectivity index (χ4v) is 6.22. The quantitative estimate of drug-likeness (QED) is 0.542. The normalized spacial score (nSPS) is 18.7. The van der Waals surface area contributed by atoms with Gasteiger partial charge in [-0.2, -0.15) is 0 Å². The predicted molar refractivity (Wildman–Crippen MR) is 118 cm³/mol. The molecule has 1 aliphatic rings. The van der Waals surface area contributed by atoms with E-state index in [9.17, 15) is 9.00 Å². The van der Waals surface area contributed by atoms with E-state index in [2.05, 4.69) is 31.9 Å². The monoisotopic (exact) mass is 547 g/mol. The van der Waals surface area contributed by atoms with Crippen LogP contribution in [0.4, 0.5) is 5.69 Å². The summed E-state index contributed by atoms with van der Waals surface area (Å²) in [5, 5.41) is -0.677. The van der Waals surface area contributed by atoms with Crippen LogP contribution in [0.5, 0.6) is 23.0 Å². The van der Waals surface area contributed by atoms with E-state index in [1.165, 1.54) is 26.2 Å². The Kier molecular flexibility index (Phi) is 6.75. The Hall–Kier alpha value is -1.78. The van der Waals surface area contributed by atoms with E-state index >= 15 is 0 Å². The number of carbonyl (C=O) groups excluding carboxylic acids is 1. The summed E-state index contributed by atoms with van der Waals surface area (Å²) in [6.07, 6.45) is 0. The molecule has 0 N–H and O–H groups in total. The molecule has 0 aliphatic carbocycles. The maximum Gasteiger partial charge on any atom is 0.241 e. The van der Waals surface area contributed by atoms with Gasteiger partial charge in [0.05, 0.1) is 53.9 Å². The number of anilines is 1. The zero-order valence-corrected chi connectivity index (χ0v) is 20.1. The van der Waals surface area contributed by atoms with Gasteiger partial charge in [-0.1, -0.05) is 0 Å². The molecule has 0 saturated carbocycles. The highest BCUT2D eigenvalue weighted by molar-refractivity contribution is 9.11. The molecule has 1 fully saturated rings. The van der Waals surface area contributed by atoms with Gasteiger partial charge in [-0.05, 0) is 49.6 Å². The molecule has 2 aromatic carbocycles. The van der Waals surface area contributed by atoms with Crippen molar-refractivity contribution in [2.75, 3.05) is 39.1 Å². The van der Waals surface area contributed by atoms with Gasteiger partial charge in [-0.15, -0.1) is 0 Å². The van der Waals surface area contributed by atoms with Crippen LogP contribution in [0.15, 0.2) is 33.2 Å². The van der Waals surface area contributed by atoms with E-state index in [1.54, 1.807) is 31.4 Å². The molecular formula is C19H19Br2NO6S. The van der Waals surface area contributed by atoms with Gasteiger partial charge in [0.15, 0.2) is 11.5 Å². The van der Waals surface area contributed by atoms with Crippen LogP contribution in [0.3, 0.4) is 0 Å². The molecule has 1 aliphatic heterocycles. The molecule has 2 aromatic rings. The number of hydrogen-bond donors (Lipinski definition) is 0. The molecule has 1 heterocycles. The van der Waals surface area contributed by atoms with Crippen LogP contribution < -0.4 is 23.8 Å². The zero-order chi connectivity index (χ0) is 21.3. The summed E-state index contributed by atoms with van der Waals surface area (Å²) >= 11 is 6.93. The second kappa shape index (κ2) is 8.93. The van der Waals surface area contributed by atoms with E-state index in [0.29, 0.717) is 43.2 Å². The Labute approximate surface area is 188 Å². The Morgan fingerprint density at radius 2 is 1.41 bits per heavy atom. The first-order valence-corrected chi connectivity index (χ1v) is 11.3. The van der Waals surface area contributed by atoms with E-state index in [1.807, 2.05) is 0 Å². The molecule has 0 bridgehead atoms. The van der Waals surface area contributed by atoms with Crippen molar-refractivity contribution in [1.29, 1.82) is 0 Å². The summed E-state index contributed by atoms with van der Waals surface area (Å²) in [6, 6.07) is 6.94. The van der Waals surface area contributed by atoms with Crippen molar-refractivity contribution in [3.8, 4) is 23.0 Å². The van der Waals surface area contributed by atoms with Gasteiger partial charge in [-0.3, -0.25) is 13.9 Å². The van der Waals surface area contributed by atoms with Crippen molar-refractivity contribution in [2.24, 2.45) is 0 Å². The van der Waals surface area contributed by atoms with Crippen LogP contribution in [0.2, 0.25) is 0 Å². The van der Waals surface area contributed by atoms with Crippen molar-refractivity contribution in [3.05, 3.63) is 38.8 Å². The number of carbonyl (C=O) groups is 1. The number of rotatable bonds is 6. The van der Waals surface area contributed by atoms with Crippen molar-refractivity contribution in [1.82, 2.24) is 0 Å². The lowest BCUT2D eigenvalue weighted by molar-refractivity contribution is -0.115. The van der Waals surface area contributed by atoms with Crippen LogP contribution in [-0.4, -0.2) is 44.3 Å². The van der Waals surface area contributed by atoms with E-state index < -0.39 is 16.2 Å². The zero-order valence-electron chi connectivity index (χ0n) is 16.2. The first-order chi connectivity index (χ1) is 13.9. The number of methoxy groups -OCH3 is 4. The second-order valence-electron chi connectivity index (χ2n) is 6.04. The summed E-state index contributed by atoms with van der Waals surface area (Å²) in [6.45, 7) is 0. The third-order valence-electron chi connectivity index (χ3n) is 4.46. The van der Waals surface area contributed by atoms with Crippen molar-refractivity contribution in [2.45, 2.75) is 5.37 Å². The number of benzene rings is 2. The molecule has 0 aromatic heterocycles. The summed E-state index contributed by atoms with van der Waals surface area (Å²) in [5.74, 6) is 1.50. The third kappa shape index (κ3) is 3.97. The van der Waals surface area contributed by atoms with Gasteiger partial charge >= 0.3 is 0 Å². The van der Waals surface area contributed by atoms with Crippen molar-refractivity contribution >= 4 is 54.3 Å². The van der Waals surface area contributed by atoms with Crippen LogP contribution in [-0.2, 0) is 15.6 Å². The number of hydrogen-bond acceptors (Lipinski definition) is 6. The fourth-order valence-electron chi connectivity index (χ4n) is 3.22. The van der Waals surface area contributed by atoms with Crippen LogP contribution >= 0.6 is 31.9 Å². The lowest BCUT2D eigenvalue weighted by Crippen LogP contribution is -2.28. The van der Waals surface area contributed by atoms with Crippen LogP contribution in [0.25, 0.3) is 0 Å². The Balaban J connectivity index is 2.15. The molecule has 29 heavy (non-hydrogen) atoms. The lowest BCUT2D eigenvalue weighted by atomic mass is 10.1. The SMILES string of the molecule is COc1cc(N2C(=O)CS(=O)C2c2cc(Br)c(OC)c(Br)c2)cc(OC)c1OC. The largest absolute Gasteiger partial charge is 0.494 e. The number of nitrogens with zero attached hydrogens (tertiary/aromatic N) is 1. The second-order valence-corrected chi connectivity index (χ2v) is 9.25. The maximum atomic E-state index is 12.9. The smallest absolute Gasteiger partial charge is 0.241 e. The predicted octanol–water partition coefficient (Wildman–Crippen LogP) is 4.04. The van der Waals surface area contributed by atoms with Crippen LogP contribution in [0, 0.1) is 0 Å². The Morgan fingerprint density at radius 3 is 1.86 bits per heavy atom. The molecule has 7 nitrogen and oxygen atoms in total. The average molecular weight is 549 g/mol. The first kappa shape index (κ1) is 21.9. The standard InChI is InChI=1S/C19H19Br2NO6S/c1-25-14-7-11(8-15(26-2)18(14)28-4)22-16(23)9-29(24)19(22)10-5-12(20)17(27-3)13(21)6-10/h5-8,19H,9H2,1-4H3. The lowest BCUT2D eigenvalue weighted by Gasteiger charge is -2.26. The van der Waals surface area contributed by atoms with Gasteiger partial charge in [0.25, 0.3) is 0 Å². The fraction of sp³-hybridized carbons (Fsp3) is 0.316. The van der Waals surface area contributed by atoms with Gasteiger partial charge in [0, 0.05) is 12.1 Å². The first-order valence-electron chi connectivity index (χ1n) is 8.38. The van der Waals surface area contributed by atoms with Crippen LogP contribution in [0.1, 0.15) is 10.9 Å². The van der Waals surface area contributed by atoms with Gasteiger partial charge in [-0.25, -0.2) is 0 Å². The summed E-state index contributed by atoms with van der Waals surface area (Å²) in [4.78, 5) is 14.3. The maximum absolute atomic E-state index is 12.9. The minimum absolute atomic E-state index is 0.0808. The number of halogens is 2. The molecule has 2 atom stereocenters. The minimum atomic E-state index is -1.44. The van der Waals surface area contributed by atoms with Gasteiger partial charge in [0.2, 0.25) is 11.7 Å². The number of ether oxygens (including phenoxy) is 4. The van der Waals surface area contributed by atoms with E-state index in [4.69, 9.17) is 18.9 Å². The minimum Gasteiger partial charge on any atom is -0.494 e. The summed E-state index contributed by atoms with van der Waals surface area (Å²) in [5.41, 5.74) is 1.20. The summed E-state index contributed by atoms with van der Waals surface area (Å²) in [7, 11) is 4.62. The molecule has 1 amide bonds. The highest BCUT2D eigenvalue weighted by Gasteiger charge is 2.41. The molecule has 1 saturated heterocycles. The molecule has 0 radical (unpaired) electrons. The molecule has 2 unspecified atom stereocenters. The molecular weight excluding hydrogens is 530 g/mol. The van der Waals surface area contributed by atoms with Crippen molar-refractivity contribution < 1.29 is 28.0 Å². The molecule has 0 spiro atoms. The molecule has 10 heteroatoms. The molecule has 156 valence electrons. The summed E-state index contributed by atoms with van der Waals surface area (Å²) < 4.78 is 35.7. The van der Waals surface area contributed by atoms with Gasteiger partial charge < -0.3 is 18.9 Å². The highest BCUT2D eigenvalue weighted by Crippen LogP contribution is 2.46. The van der Waals surface area contributed by atoms with E-state index in [-0.39, 0.29) is 11.7 Å². The van der Waals surface area contributed by atoms with Crippen molar-refractivity contribution in [3.63, 3.8) is 0 Å². The van der Waals surface area contributed by atoms with E-state index in [0.717, 1.165) is 0 Å². The molecule has 3 rings (SSSR count). The third-order valence-corrected chi connectivity index (χ3v) is 7.15. The Bertz CT molecular complexity index is 935. The topological polar surface area (TPSA) is 74.3 Å². The Morgan fingerprint density at radius 1 is 0.897 bits per heavy atom.